The molecule has 6 heteroatoms. The van der Waals surface area contributed by atoms with Crippen molar-refractivity contribution in [1.82, 2.24) is 4.98 Å². The summed E-state index contributed by atoms with van der Waals surface area (Å²) in [6.45, 7) is 6.27. The first-order valence-electron chi connectivity index (χ1n) is 4.56. The van der Waals surface area contributed by atoms with Crippen LogP contribution < -0.4 is 10.1 Å². The zero-order chi connectivity index (χ0) is 11.6. The van der Waals surface area contributed by atoms with E-state index in [1.165, 1.54) is 7.11 Å². The van der Waals surface area contributed by atoms with E-state index in [0.29, 0.717) is 0 Å². The summed E-state index contributed by atoms with van der Waals surface area (Å²) < 4.78 is 4.89. The molecular formula is C9H14N2O3Si. The quantitative estimate of drug-likeness (QED) is 0.445. The van der Waals surface area contributed by atoms with Gasteiger partial charge in [-0.1, -0.05) is 19.6 Å². The van der Waals surface area contributed by atoms with Crippen molar-refractivity contribution in [2.24, 2.45) is 0 Å². The maximum absolute atomic E-state index is 10.7. The molecule has 0 N–H and O–H groups in total. The third kappa shape index (κ3) is 2.53. The number of nitro groups is 1. The number of aromatic nitrogens is 1. The van der Waals surface area contributed by atoms with Crippen LogP contribution in [0.2, 0.25) is 19.6 Å². The maximum Gasteiger partial charge on any atom is 0.405 e. The van der Waals surface area contributed by atoms with Crippen LogP contribution in [0.4, 0.5) is 5.82 Å². The van der Waals surface area contributed by atoms with Gasteiger partial charge >= 0.3 is 5.82 Å². The lowest BCUT2D eigenvalue weighted by Crippen LogP contribution is -2.40. The molecule has 0 radical (unpaired) electrons. The third-order valence-corrected chi connectivity index (χ3v) is 3.82. The topological polar surface area (TPSA) is 65.3 Å². The molecule has 0 fully saturated rings. The van der Waals surface area contributed by atoms with E-state index in [4.69, 9.17) is 4.74 Å². The molecule has 1 aromatic rings. The molecule has 1 heterocycles. The van der Waals surface area contributed by atoms with Gasteiger partial charge in [0.25, 0.3) is 0 Å². The van der Waals surface area contributed by atoms with Crippen LogP contribution in [0.25, 0.3) is 0 Å². The highest BCUT2D eigenvalue weighted by Crippen LogP contribution is 2.22. The highest BCUT2D eigenvalue weighted by molar-refractivity contribution is 6.88. The summed E-state index contributed by atoms with van der Waals surface area (Å²) in [5.74, 6) is 0.0134. The van der Waals surface area contributed by atoms with E-state index in [-0.39, 0.29) is 11.6 Å². The Kier molecular flexibility index (Phi) is 3.08. The van der Waals surface area contributed by atoms with Crippen LogP contribution in [-0.4, -0.2) is 25.1 Å². The summed E-state index contributed by atoms with van der Waals surface area (Å²) in [7, 11) is -0.216. The highest BCUT2D eigenvalue weighted by atomic mass is 28.3. The van der Waals surface area contributed by atoms with Crippen molar-refractivity contribution >= 4 is 19.2 Å². The van der Waals surface area contributed by atoms with Gasteiger partial charge in [0, 0.05) is 0 Å². The molecule has 0 unspecified atom stereocenters. The number of nitrogens with zero attached hydrogens (tertiary/aromatic N) is 2. The average molecular weight is 226 g/mol. The van der Waals surface area contributed by atoms with E-state index in [2.05, 4.69) is 24.6 Å². The second kappa shape index (κ2) is 3.97. The van der Waals surface area contributed by atoms with Crippen molar-refractivity contribution in [1.29, 1.82) is 0 Å². The lowest BCUT2D eigenvalue weighted by atomic mass is 10.4. The third-order valence-electron chi connectivity index (χ3n) is 2.00. The van der Waals surface area contributed by atoms with Crippen molar-refractivity contribution in [2.75, 3.05) is 7.11 Å². The summed E-state index contributed by atoms with van der Waals surface area (Å²) >= 11 is 0. The second-order valence-electron chi connectivity index (χ2n) is 4.23. The lowest BCUT2D eigenvalue weighted by Gasteiger charge is -2.11. The van der Waals surface area contributed by atoms with E-state index >= 15 is 0 Å². The van der Waals surface area contributed by atoms with Gasteiger partial charge in [-0.25, -0.2) is 0 Å². The molecule has 15 heavy (non-hydrogen) atoms. The number of ether oxygens (including phenoxy) is 1. The number of hydrogen-bond acceptors (Lipinski definition) is 4. The summed E-state index contributed by atoms with van der Waals surface area (Å²) in [6.07, 6.45) is 0. The number of pyridine rings is 1. The molecule has 0 saturated heterocycles. The van der Waals surface area contributed by atoms with E-state index in [1.807, 2.05) is 0 Å². The summed E-state index contributed by atoms with van der Waals surface area (Å²) in [6, 6.07) is 3.41. The van der Waals surface area contributed by atoms with Gasteiger partial charge < -0.3 is 14.9 Å². The Morgan fingerprint density at radius 3 is 2.40 bits per heavy atom. The first-order chi connectivity index (χ1) is 6.86. The summed E-state index contributed by atoms with van der Waals surface area (Å²) in [5, 5.41) is 11.6. The van der Waals surface area contributed by atoms with Crippen LogP contribution in [-0.2, 0) is 0 Å². The molecule has 0 spiro atoms. The fraction of sp³-hybridized carbons (Fsp3) is 0.444. The van der Waals surface area contributed by atoms with E-state index in [0.717, 1.165) is 5.32 Å². The van der Waals surface area contributed by atoms with Gasteiger partial charge in [0.15, 0.2) is 0 Å². The molecule has 0 saturated carbocycles. The smallest absolute Gasteiger partial charge is 0.405 e. The molecule has 0 aliphatic heterocycles. The Labute approximate surface area is 89.3 Å². The van der Waals surface area contributed by atoms with Gasteiger partial charge in [-0.2, -0.15) is 0 Å². The fourth-order valence-electron chi connectivity index (χ4n) is 1.14. The van der Waals surface area contributed by atoms with Gasteiger partial charge in [-0.3, -0.25) is 0 Å². The van der Waals surface area contributed by atoms with Crippen molar-refractivity contribution in [2.45, 2.75) is 19.6 Å². The van der Waals surface area contributed by atoms with Gasteiger partial charge in [0.2, 0.25) is 5.75 Å². The van der Waals surface area contributed by atoms with Crippen LogP contribution >= 0.6 is 0 Å². The minimum Gasteiger partial charge on any atom is -0.489 e. The Balaban J connectivity index is 3.28. The first kappa shape index (κ1) is 11.6. The predicted molar refractivity (Wildman–Crippen MR) is 60.4 cm³/mol. The van der Waals surface area contributed by atoms with E-state index in [1.54, 1.807) is 12.1 Å². The maximum atomic E-state index is 10.7. The molecule has 0 aromatic carbocycles. The molecule has 0 bridgehead atoms. The van der Waals surface area contributed by atoms with Crippen LogP contribution in [0.15, 0.2) is 12.1 Å². The molecule has 1 rings (SSSR count). The van der Waals surface area contributed by atoms with E-state index in [9.17, 15) is 10.1 Å². The molecule has 0 aliphatic carbocycles. The summed E-state index contributed by atoms with van der Waals surface area (Å²) in [5.41, 5.74) is 0. The lowest BCUT2D eigenvalue weighted by molar-refractivity contribution is -0.390. The van der Waals surface area contributed by atoms with Crippen molar-refractivity contribution < 1.29 is 9.66 Å². The molecule has 0 amide bonds. The molecule has 1 aromatic heterocycles. The highest BCUT2D eigenvalue weighted by Gasteiger charge is 2.27. The van der Waals surface area contributed by atoms with Crippen molar-refractivity contribution in [3.63, 3.8) is 0 Å². The van der Waals surface area contributed by atoms with Crippen LogP contribution in [0.5, 0.6) is 5.75 Å². The number of hydrogen-bond donors (Lipinski definition) is 0. The largest absolute Gasteiger partial charge is 0.489 e. The molecule has 5 nitrogen and oxygen atoms in total. The molecular weight excluding hydrogens is 212 g/mol. The van der Waals surface area contributed by atoms with E-state index < -0.39 is 13.0 Å². The van der Waals surface area contributed by atoms with Crippen molar-refractivity contribution in [3.8, 4) is 5.75 Å². The number of rotatable bonds is 3. The minimum absolute atomic E-state index is 0.197. The molecule has 0 aliphatic rings. The van der Waals surface area contributed by atoms with Crippen LogP contribution in [0.3, 0.4) is 0 Å². The Hall–Kier alpha value is -1.43. The zero-order valence-corrected chi connectivity index (χ0v) is 10.3. The Bertz CT molecular complexity index is 387. The van der Waals surface area contributed by atoms with Gasteiger partial charge in [-0.05, 0) is 22.0 Å². The standard InChI is InChI=1S/C9H14N2O3Si/c1-14-7-5-6-8(15(2,3)4)10-9(7)11(12)13/h5-6H,1-4H3. The SMILES string of the molecule is COc1ccc([Si](C)(C)C)nc1[N+](=O)[O-]. The van der Waals surface area contributed by atoms with Crippen LogP contribution in [0.1, 0.15) is 0 Å². The van der Waals surface area contributed by atoms with Crippen LogP contribution in [0, 0.1) is 10.1 Å². The predicted octanol–water partition coefficient (Wildman–Crippen LogP) is 1.54. The first-order valence-corrected chi connectivity index (χ1v) is 8.06. The Morgan fingerprint density at radius 2 is 2.00 bits per heavy atom. The van der Waals surface area contributed by atoms with Gasteiger partial charge in [0.1, 0.15) is 13.4 Å². The second-order valence-corrected chi connectivity index (χ2v) is 9.24. The zero-order valence-electron chi connectivity index (χ0n) is 9.27. The summed E-state index contributed by atoms with van der Waals surface area (Å²) in [4.78, 5) is 14.3. The van der Waals surface area contributed by atoms with Gasteiger partial charge in [0.05, 0.1) is 7.11 Å². The molecule has 0 atom stereocenters. The molecule has 82 valence electrons. The minimum atomic E-state index is -1.62. The fourth-order valence-corrected chi connectivity index (χ4v) is 2.17. The Morgan fingerprint density at radius 1 is 1.40 bits per heavy atom. The monoisotopic (exact) mass is 226 g/mol. The average Bonchev–Trinajstić information content (AvgIpc) is 2.15. The number of methoxy groups -OCH3 is 1. The normalized spacial score (nSPS) is 11.2. The van der Waals surface area contributed by atoms with Crippen molar-refractivity contribution in [3.05, 3.63) is 22.2 Å². The van der Waals surface area contributed by atoms with Gasteiger partial charge in [-0.15, -0.1) is 0 Å².